The highest BCUT2D eigenvalue weighted by atomic mass is 32.2. The minimum atomic E-state index is -3.66. The van der Waals surface area contributed by atoms with E-state index in [0.717, 1.165) is 9.83 Å². The third-order valence-corrected chi connectivity index (χ3v) is 9.25. The highest BCUT2D eigenvalue weighted by molar-refractivity contribution is 7.89. The number of fused-ring (bicyclic) bond motifs is 1. The number of hydrogen-bond donors (Lipinski definition) is 0. The zero-order valence-corrected chi connectivity index (χ0v) is 21.2. The standard InChI is InChI=1S/C24H27FN4O4S2/c1-16-14-29(15-17(2)33-16)35(31,32)19-8-6-18(7-9-19)23(30)27-10-12-28(13-11-27)24-26-22-20(25)4-3-5-21(22)34-24/h3-9,16-17H,10-15H2,1-2H3. The first-order chi connectivity index (χ1) is 16.7. The highest BCUT2D eigenvalue weighted by Crippen LogP contribution is 2.31. The average molecular weight is 519 g/mol. The number of carbonyl (C=O) groups excluding carboxylic acids is 1. The lowest BCUT2D eigenvalue weighted by Gasteiger charge is -2.35. The minimum absolute atomic E-state index is 0.141. The van der Waals surface area contributed by atoms with Crippen LogP contribution in [0.15, 0.2) is 47.4 Å². The molecule has 8 nitrogen and oxygen atoms in total. The van der Waals surface area contributed by atoms with E-state index in [4.69, 9.17) is 4.74 Å². The Morgan fingerprint density at radius 2 is 1.69 bits per heavy atom. The van der Waals surface area contributed by atoms with Crippen molar-refractivity contribution in [2.24, 2.45) is 0 Å². The lowest BCUT2D eigenvalue weighted by Crippen LogP contribution is -2.48. The predicted molar refractivity (Wildman–Crippen MR) is 133 cm³/mol. The first kappa shape index (κ1) is 24.1. The van der Waals surface area contributed by atoms with Crippen LogP contribution in [-0.2, 0) is 14.8 Å². The minimum Gasteiger partial charge on any atom is -0.373 e. The molecule has 2 saturated heterocycles. The molecule has 0 saturated carbocycles. The largest absolute Gasteiger partial charge is 0.373 e. The highest BCUT2D eigenvalue weighted by Gasteiger charge is 2.32. The second-order valence-electron chi connectivity index (χ2n) is 8.97. The van der Waals surface area contributed by atoms with E-state index >= 15 is 0 Å². The fourth-order valence-corrected chi connectivity index (χ4v) is 7.19. The van der Waals surface area contributed by atoms with Gasteiger partial charge < -0.3 is 14.5 Å². The summed E-state index contributed by atoms with van der Waals surface area (Å²) in [5.74, 6) is -0.473. The van der Waals surface area contributed by atoms with Gasteiger partial charge in [0.05, 0.1) is 21.8 Å². The topological polar surface area (TPSA) is 83.1 Å². The molecule has 1 amide bonds. The molecule has 0 aliphatic carbocycles. The maximum atomic E-state index is 14.0. The predicted octanol–water partition coefficient (Wildman–Crippen LogP) is 3.20. The monoisotopic (exact) mass is 518 g/mol. The van der Waals surface area contributed by atoms with Crippen LogP contribution in [0.5, 0.6) is 0 Å². The molecule has 0 radical (unpaired) electrons. The maximum Gasteiger partial charge on any atom is 0.253 e. The third-order valence-electron chi connectivity index (χ3n) is 6.32. The number of anilines is 1. The zero-order valence-electron chi connectivity index (χ0n) is 19.6. The van der Waals surface area contributed by atoms with Gasteiger partial charge in [0.1, 0.15) is 11.3 Å². The van der Waals surface area contributed by atoms with Crippen LogP contribution in [0.3, 0.4) is 0 Å². The molecule has 2 aromatic carbocycles. The number of benzene rings is 2. The second-order valence-corrected chi connectivity index (χ2v) is 11.9. The van der Waals surface area contributed by atoms with Gasteiger partial charge in [-0.1, -0.05) is 17.4 Å². The normalized spacial score (nSPS) is 22.0. The number of halogens is 1. The van der Waals surface area contributed by atoms with Crippen LogP contribution in [0.2, 0.25) is 0 Å². The van der Waals surface area contributed by atoms with Crippen molar-refractivity contribution in [3.05, 3.63) is 53.8 Å². The van der Waals surface area contributed by atoms with Crippen molar-refractivity contribution in [1.82, 2.24) is 14.2 Å². The summed E-state index contributed by atoms with van der Waals surface area (Å²) in [5, 5.41) is 0.749. The van der Waals surface area contributed by atoms with Gasteiger partial charge in [-0.3, -0.25) is 4.79 Å². The quantitative estimate of drug-likeness (QED) is 0.528. The molecule has 3 heterocycles. The second kappa shape index (κ2) is 9.45. The van der Waals surface area contributed by atoms with Crippen molar-refractivity contribution < 1.29 is 22.3 Å². The van der Waals surface area contributed by atoms with Crippen LogP contribution in [-0.4, -0.2) is 80.0 Å². The number of amides is 1. The van der Waals surface area contributed by atoms with Crippen molar-refractivity contribution in [3.8, 4) is 0 Å². The van der Waals surface area contributed by atoms with Gasteiger partial charge in [0.25, 0.3) is 5.91 Å². The van der Waals surface area contributed by atoms with Gasteiger partial charge in [0.15, 0.2) is 5.13 Å². The first-order valence-corrected chi connectivity index (χ1v) is 13.8. The van der Waals surface area contributed by atoms with Gasteiger partial charge in [-0.2, -0.15) is 4.31 Å². The van der Waals surface area contributed by atoms with Gasteiger partial charge in [0.2, 0.25) is 10.0 Å². The lowest BCUT2D eigenvalue weighted by molar-refractivity contribution is -0.0440. The molecule has 2 unspecified atom stereocenters. The summed E-state index contributed by atoms with van der Waals surface area (Å²) >= 11 is 1.44. The molecule has 186 valence electrons. The number of para-hydroxylation sites is 1. The summed E-state index contributed by atoms with van der Waals surface area (Å²) in [6, 6.07) is 11.1. The molecule has 2 fully saturated rings. The molecule has 2 aliphatic heterocycles. The van der Waals surface area contributed by atoms with E-state index in [2.05, 4.69) is 9.88 Å². The maximum absolute atomic E-state index is 14.0. The Bertz CT molecular complexity index is 1330. The summed E-state index contributed by atoms with van der Waals surface area (Å²) in [6.07, 6.45) is -0.343. The van der Waals surface area contributed by atoms with Crippen LogP contribution >= 0.6 is 11.3 Å². The van der Waals surface area contributed by atoms with Gasteiger partial charge in [0, 0.05) is 44.8 Å². The molecule has 11 heteroatoms. The van der Waals surface area contributed by atoms with E-state index < -0.39 is 10.0 Å². The number of thiazole rings is 1. The Morgan fingerprint density at radius 1 is 1.03 bits per heavy atom. The van der Waals surface area contributed by atoms with E-state index in [-0.39, 0.29) is 28.8 Å². The van der Waals surface area contributed by atoms with Crippen molar-refractivity contribution in [2.75, 3.05) is 44.2 Å². The van der Waals surface area contributed by atoms with Crippen molar-refractivity contribution in [1.29, 1.82) is 0 Å². The Kier molecular flexibility index (Phi) is 6.51. The van der Waals surface area contributed by atoms with E-state index in [0.29, 0.717) is 50.3 Å². The number of piperazine rings is 1. The van der Waals surface area contributed by atoms with Gasteiger partial charge >= 0.3 is 0 Å². The van der Waals surface area contributed by atoms with Crippen LogP contribution in [0.1, 0.15) is 24.2 Å². The molecule has 0 N–H and O–H groups in total. The van der Waals surface area contributed by atoms with Crippen LogP contribution in [0.25, 0.3) is 10.2 Å². The van der Waals surface area contributed by atoms with Crippen molar-refractivity contribution in [3.63, 3.8) is 0 Å². The number of hydrogen-bond acceptors (Lipinski definition) is 7. The van der Waals surface area contributed by atoms with Gasteiger partial charge in [-0.15, -0.1) is 0 Å². The fourth-order valence-electron chi connectivity index (χ4n) is 4.57. The number of ether oxygens (including phenoxy) is 1. The lowest BCUT2D eigenvalue weighted by atomic mass is 10.2. The number of aromatic nitrogens is 1. The van der Waals surface area contributed by atoms with E-state index in [1.54, 1.807) is 23.1 Å². The summed E-state index contributed by atoms with van der Waals surface area (Å²) in [6.45, 7) is 6.50. The molecule has 5 rings (SSSR count). The number of sulfonamides is 1. The Balaban J connectivity index is 1.23. The molecule has 1 aromatic heterocycles. The summed E-state index contributed by atoms with van der Waals surface area (Å²) < 4.78 is 48.0. The molecular formula is C24H27FN4O4S2. The molecule has 3 aromatic rings. The number of rotatable bonds is 4. The van der Waals surface area contributed by atoms with E-state index in [1.807, 2.05) is 19.9 Å². The number of carbonyl (C=O) groups is 1. The number of morpholine rings is 1. The van der Waals surface area contributed by atoms with Gasteiger partial charge in [-0.05, 0) is 50.2 Å². The van der Waals surface area contributed by atoms with E-state index in [9.17, 15) is 17.6 Å². The smallest absolute Gasteiger partial charge is 0.253 e. The fraction of sp³-hybridized carbons (Fsp3) is 0.417. The van der Waals surface area contributed by atoms with Crippen LogP contribution in [0.4, 0.5) is 9.52 Å². The average Bonchev–Trinajstić information content (AvgIpc) is 3.29. The summed E-state index contributed by atoms with van der Waals surface area (Å²) in [5.41, 5.74) is 0.824. The Labute approximate surface area is 208 Å². The molecule has 35 heavy (non-hydrogen) atoms. The molecule has 2 aliphatic rings. The molecule has 0 bridgehead atoms. The Morgan fingerprint density at radius 3 is 2.31 bits per heavy atom. The van der Waals surface area contributed by atoms with Crippen LogP contribution < -0.4 is 4.90 Å². The summed E-state index contributed by atoms with van der Waals surface area (Å²) in [7, 11) is -3.66. The number of nitrogens with zero attached hydrogens (tertiary/aromatic N) is 4. The first-order valence-electron chi connectivity index (χ1n) is 11.6. The molecular weight excluding hydrogens is 491 g/mol. The van der Waals surface area contributed by atoms with Crippen molar-refractivity contribution >= 4 is 42.6 Å². The van der Waals surface area contributed by atoms with E-state index in [1.165, 1.54) is 33.8 Å². The third kappa shape index (κ3) is 4.77. The summed E-state index contributed by atoms with van der Waals surface area (Å²) in [4.78, 5) is 21.5. The Hall–Kier alpha value is -2.60. The van der Waals surface area contributed by atoms with Gasteiger partial charge in [-0.25, -0.2) is 17.8 Å². The van der Waals surface area contributed by atoms with Crippen molar-refractivity contribution in [2.45, 2.75) is 31.0 Å². The molecule has 0 spiro atoms. The SMILES string of the molecule is CC1CN(S(=O)(=O)c2ccc(C(=O)N3CCN(c4nc5c(F)cccc5s4)CC3)cc2)CC(C)O1. The molecule has 2 atom stereocenters. The van der Waals surface area contributed by atoms with Crippen LogP contribution in [0, 0.1) is 5.82 Å². The zero-order chi connectivity index (χ0) is 24.7.